The molecule has 0 aliphatic carbocycles. The van der Waals surface area contributed by atoms with Gasteiger partial charge in [0.05, 0.1) is 23.0 Å². The Kier molecular flexibility index (Phi) is 6.06. The van der Waals surface area contributed by atoms with Crippen molar-refractivity contribution in [3.63, 3.8) is 0 Å². The van der Waals surface area contributed by atoms with Gasteiger partial charge in [0.25, 0.3) is 5.56 Å². The number of pyridine rings is 1. The van der Waals surface area contributed by atoms with Gasteiger partial charge in [-0.2, -0.15) is 0 Å². The Labute approximate surface area is 204 Å². The summed E-state index contributed by atoms with van der Waals surface area (Å²) < 4.78 is 9.54. The number of ether oxygens (including phenoxy) is 1. The van der Waals surface area contributed by atoms with Crippen molar-refractivity contribution in [1.82, 2.24) is 14.1 Å². The quantitative estimate of drug-likeness (QED) is 0.148. The minimum absolute atomic E-state index is 0.0719. The number of fused-ring (bicyclic) bond motifs is 6. The van der Waals surface area contributed by atoms with Crippen molar-refractivity contribution < 1.29 is 4.74 Å². The molecule has 0 saturated heterocycles. The fraction of sp³-hybridized carbons (Fsp3) is 0.259. The van der Waals surface area contributed by atoms with Crippen LogP contribution in [-0.2, 0) is 18.0 Å². The number of nitrogens with zero attached hydrogens (tertiary/aromatic N) is 3. The summed E-state index contributed by atoms with van der Waals surface area (Å²) in [5, 5.41) is 3.74. The van der Waals surface area contributed by atoms with Gasteiger partial charge in [0.2, 0.25) is 5.28 Å². The maximum Gasteiger partial charge on any atom is 0.261 e. The summed E-state index contributed by atoms with van der Waals surface area (Å²) in [6, 6.07) is 21.2. The third kappa shape index (κ3) is 4.29. The van der Waals surface area contributed by atoms with E-state index in [2.05, 4.69) is 31.8 Å². The zero-order chi connectivity index (χ0) is 23.9. The van der Waals surface area contributed by atoms with Crippen molar-refractivity contribution in [2.24, 2.45) is 0 Å². The van der Waals surface area contributed by atoms with Crippen LogP contribution < -0.4 is 5.56 Å². The van der Waals surface area contributed by atoms with E-state index in [4.69, 9.17) is 21.3 Å². The minimum Gasteiger partial charge on any atom is -0.361 e. The standard InChI is InChI=1S/C27H28ClN3O2Si/c1-34(2,3)16-15-33-18-30-14-13-22-23(26(30)32)20-11-7-8-12-21(20)25-24(22)29-27(28)31(25)17-19-9-5-4-6-10-19/h4-14H,15-18H2,1-3H3. The highest BCUT2D eigenvalue weighted by Crippen LogP contribution is 2.35. The summed E-state index contributed by atoms with van der Waals surface area (Å²) >= 11 is 6.66. The molecule has 2 heterocycles. The van der Waals surface area contributed by atoms with Gasteiger partial charge in [0, 0.05) is 31.7 Å². The van der Waals surface area contributed by atoms with Gasteiger partial charge in [-0.15, -0.1) is 0 Å². The number of halogens is 1. The minimum atomic E-state index is -1.19. The molecule has 174 valence electrons. The fourth-order valence-electron chi connectivity index (χ4n) is 4.38. The van der Waals surface area contributed by atoms with Crippen LogP contribution in [0.4, 0.5) is 0 Å². The third-order valence-electron chi connectivity index (χ3n) is 6.20. The second-order valence-electron chi connectivity index (χ2n) is 9.92. The number of hydrogen-bond acceptors (Lipinski definition) is 3. The van der Waals surface area contributed by atoms with Gasteiger partial charge in [-0.05, 0) is 34.7 Å². The summed E-state index contributed by atoms with van der Waals surface area (Å²) in [7, 11) is -1.19. The second-order valence-corrected chi connectivity index (χ2v) is 15.9. The average molecular weight is 490 g/mol. The summed E-state index contributed by atoms with van der Waals surface area (Å²) in [4.78, 5) is 18.3. The molecule has 34 heavy (non-hydrogen) atoms. The van der Waals surface area contributed by atoms with Crippen molar-refractivity contribution in [1.29, 1.82) is 0 Å². The van der Waals surface area contributed by atoms with Crippen LogP contribution in [0.2, 0.25) is 31.0 Å². The number of imidazole rings is 1. The smallest absolute Gasteiger partial charge is 0.261 e. The lowest BCUT2D eigenvalue weighted by Gasteiger charge is -2.16. The van der Waals surface area contributed by atoms with Gasteiger partial charge in [-0.1, -0.05) is 74.2 Å². The maximum absolute atomic E-state index is 13.6. The molecule has 0 amide bonds. The Morgan fingerprint density at radius 1 is 0.941 bits per heavy atom. The zero-order valence-corrected chi connectivity index (χ0v) is 21.5. The van der Waals surface area contributed by atoms with E-state index < -0.39 is 8.07 Å². The Morgan fingerprint density at radius 3 is 2.38 bits per heavy atom. The largest absolute Gasteiger partial charge is 0.361 e. The predicted octanol–water partition coefficient (Wildman–Crippen LogP) is 6.52. The molecule has 0 fully saturated rings. The molecule has 7 heteroatoms. The molecule has 0 N–H and O–H groups in total. The van der Waals surface area contributed by atoms with E-state index in [0.29, 0.717) is 23.8 Å². The van der Waals surface area contributed by atoms with Crippen molar-refractivity contribution in [2.75, 3.05) is 6.61 Å². The molecule has 0 unspecified atom stereocenters. The van der Waals surface area contributed by atoms with E-state index in [0.717, 1.165) is 38.8 Å². The summed E-state index contributed by atoms with van der Waals surface area (Å²) in [5.74, 6) is 0. The molecule has 0 spiro atoms. The first-order valence-corrected chi connectivity index (χ1v) is 15.6. The second kappa shape index (κ2) is 9.02. The molecule has 0 radical (unpaired) electrons. The predicted molar refractivity (Wildman–Crippen MR) is 144 cm³/mol. The summed E-state index contributed by atoms with van der Waals surface area (Å²) in [5.41, 5.74) is 2.76. The van der Waals surface area contributed by atoms with Crippen LogP contribution in [0.3, 0.4) is 0 Å². The highest BCUT2D eigenvalue weighted by molar-refractivity contribution is 6.76. The van der Waals surface area contributed by atoms with Crippen molar-refractivity contribution in [3.05, 3.63) is 88.1 Å². The number of rotatable bonds is 7. The third-order valence-corrected chi connectivity index (χ3v) is 8.20. The van der Waals surface area contributed by atoms with Crippen LogP contribution in [-0.4, -0.2) is 28.8 Å². The molecular weight excluding hydrogens is 462 g/mol. The first-order valence-electron chi connectivity index (χ1n) is 11.5. The van der Waals surface area contributed by atoms with Crippen molar-refractivity contribution in [2.45, 2.75) is 39.0 Å². The van der Waals surface area contributed by atoms with E-state index in [-0.39, 0.29) is 12.3 Å². The van der Waals surface area contributed by atoms with Crippen LogP contribution in [0.25, 0.3) is 32.6 Å². The van der Waals surface area contributed by atoms with E-state index >= 15 is 0 Å². The van der Waals surface area contributed by atoms with Gasteiger partial charge in [0.1, 0.15) is 6.73 Å². The van der Waals surface area contributed by atoms with Crippen molar-refractivity contribution in [3.8, 4) is 0 Å². The molecule has 2 aromatic heterocycles. The molecule has 0 atom stereocenters. The van der Waals surface area contributed by atoms with Gasteiger partial charge in [0.15, 0.2) is 0 Å². The topological polar surface area (TPSA) is 49.0 Å². The molecule has 0 saturated carbocycles. The molecule has 0 aliphatic heterocycles. The molecule has 3 aromatic carbocycles. The van der Waals surface area contributed by atoms with Crippen LogP contribution in [0.1, 0.15) is 5.56 Å². The zero-order valence-electron chi connectivity index (χ0n) is 19.7. The lowest BCUT2D eigenvalue weighted by Crippen LogP contribution is -2.24. The van der Waals surface area contributed by atoms with Gasteiger partial charge < -0.3 is 9.30 Å². The fourth-order valence-corrected chi connectivity index (χ4v) is 5.36. The Morgan fingerprint density at radius 2 is 1.65 bits per heavy atom. The molecular formula is C27H28ClN3O2Si. The highest BCUT2D eigenvalue weighted by atomic mass is 35.5. The van der Waals surface area contributed by atoms with Gasteiger partial charge in [-0.25, -0.2) is 4.98 Å². The first-order chi connectivity index (χ1) is 16.3. The van der Waals surface area contributed by atoms with E-state index in [1.807, 2.05) is 53.1 Å². The normalized spacial score (nSPS) is 12.2. The van der Waals surface area contributed by atoms with Crippen LogP contribution in [0.15, 0.2) is 71.7 Å². The Bertz CT molecular complexity index is 1550. The average Bonchev–Trinajstić information content (AvgIpc) is 3.14. The lowest BCUT2D eigenvalue weighted by molar-refractivity contribution is 0.0851. The van der Waals surface area contributed by atoms with Crippen LogP contribution in [0, 0.1) is 0 Å². The molecule has 5 nitrogen and oxygen atoms in total. The maximum atomic E-state index is 13.6. The Hall–Kier alpha value is -2.93. The number of hydrogen-bond donors (Lipinski definition) is 0. The Balaban J connectivity index is 1.66. The monoisotopic (exact) mass is 489 g/mol. The first kappa shape index (κ1) is 22.8. The van der Waals surface area contributed by atoms with Gasteiger partial charge >= 0.3 is 0 Å². The summed E-state index contributed by atoms with van der Waals surface area (Å²) in [6.07, 6.45) is 1.80. The number of aromatic nitrogens is 3. The van der Waals surface area contributed by atoms with E-state index in [9.17, 15) is 4.79 Å². The van der Waals surface area contributed by atoms with E-state index in [1.54, 1.807) is 10.8 Å². The molecule has 5 rings (SSSR count). The van der Waals surface area contributed by atoms with Crippen LogP contribution >= 0.6 is 11.6 Å². The molecule has 5 aromatic rings. The molecule has 0 aliphatic rings. The lowest BCUT2D eigenvalue weighted by atomic mass is 10.0. The van der Waals surface area contributed by atoms with Crippen LogP contribution in [0.5, 0.6) is 0 Å². The SMILES string of the molecule is C[Si](C)(C)CCOCn1ccc2c3nc(Cl)n(Cc4ccccc4)c3c3ccccc3c2c1=O. The number of benzene rings is 3. The van der Waals surface area contributed by atoms with Gasteiger partial charge in [-0.3, -0.25) is 9.36 Å². The van der Waals surface area contributed by atoms with Crippen molar-refractivity contribution >= 4 is 52.3 Å². The molecule has 0 bridgehead atoms. The summed E-state index contributed by atoms with van der Waals surface area (Å²) in [6.45, 7) is 8.47. The highest BCUT2D eigenvalue weighted by Gasteiger charge is 2.19. The van der Waals surface area contributed by atoms with E-state index in [1.165, 1.54) is 0 Å².